The maximum atomic E-state index is 12.1. The van der Waals surface area contributed by atoms with Crippen LogP contribution in [0.5, 0.6) is 0 Å². The van der Waals surface area contributed by atoms with Gasteiger partial charge in [-0.15, -0.1) is 0 Å². The van der Waals surface area contributed by atoms with Crippen LogP contribution in [0.3, 0.4) is 0 Å². The van der Waals surface area contributed by atoms with Crippen LogP contribution in [0.2, 0.25) is 0 Å². The number of fused-ring (bicyclic) bond motifs is 1. The summed E-state index contributed by atoms with van der Waals surface area (Å²) in [6.07, 6.45) is 5.79. The molecule has 0 radical (unpaired) electrons. The van der Waals surface area contributed by atoms with Gasteiger partial charge in [-0.05, 0) is 58.8 Å². The van der Waals surface area contributed by atoms with Crippen LogP contribution in [0, 0.1) is 5.41 Å². The van der Waals surface area contributed by atoms with Gasteiger partial charge >= 0.3 is 0 Å². The Bertz CT molecular complexity index is 258. The van der Waals surface area contributed by atoms with Crippen LogP contribution in [-0.4, -0.2) is 29.2 Å². The molecule has 0 N–H and O–H groups in total. The summed E-state index contributed by atoms with van der Waals surface area (Å²) in [6.45, 7) is 9.17. The third kappa shape index (κ3) is 2.01. The highest BCUT2D eigenvalue weighted by atomic mass is 19.1. The predicted molar refractivity (Wildman–Crippen MR) is 66.3 cm³/mol. The molecular formula is C14H26FN. The third-order valence-corrected chi connectivity index (χ3v) is 4.49. The topological polar surface area (TPSA) is 3.24 Å². The monoisotopic (exact) mass is 227 g/mol. The molecule has 2 fully saturated rings. The molecule has 0 aromatic rings. The first-order chi connectivity index (χ1) is 7.41. The summed E-state index contributed by atoms with van der Waals surface area (Å²) in [6, 6.07) is 1.51. The quantitative estimate of drug-likeness (QED) is 0.661. The Hall–Kier alpha value is -0.110. The lowest BCUT2D eigenvalue weighted by Gasteiger charge is -2.37. The van der Waals surface area contributed by atoms with Gasteiger partial charge in [-0.25, -0.2) is 0 Å². The highest BCUT2D eigenvalue weighted by Crippen LogP contribution is 2.63. The maximum absolute atomic E-state index is 12.1. The Balaban J connectivity index is 1.94. The summed E-state index contributed by atoms with van der Waals surface area (Å²) in [5.74, 6) is 0. The lowest BCUT2D eigenvalue weighted by molar-refractivity contribution is 0.104. The van der Waals surface area contributed by atoms with Crippen molar-refractivity contribution in [3.8, 4) is 0 Å². The second-order valence-electron chi connectivity index (χ2n) is 6.86. The zero-order valence-electron chi connectivity index (χ0n) is 11.2. The van der Waals surface area contributed by atoms with Gasteiger partial charge in [-0.1, -0.05) is 6.42 Å². The summed E-state index contributed by atoms with van der Waals surface area (Å²) < 4.78 is 12.1. The van der Waals surface area contributed by atoms with Crippen molar-refractivity contribution in [2.24, 2.45) is 5.41 Å². The molecule has 0 amide bonds. The molecule has 0 aromatic heterocycles. The number of unbranched alkanes of at least 4 members (excludes halogenated alkanes) is 1. The molecule has 16 heavy (non-hydrogen) atoms. The summed E-state index contributed by atoms with van der Waals surface area (Å²) in [7, 11) is 0. The zero-order valence-corrected chi connectivity index (χ0v) is 11.2. The van der Waals surface area contributed by atoms with Crippen molar-refractivity contribution in [1.82, 2.24) is 4.90 Å². The van der Waals surface area contributed by atoms with Crippen molar-refractivity contribution in [1.29, 1.82) is 0 Å². The Morgan fingerprint density at radius 3 is 2.44 bits per heavy atom. The number of hydrogen-bond acceptors (Lipinski definition) is 1. The highest BCUT2D eigenvalue weighted by Gasteiger charge is 2.64. The first-order valence-corrected chi connectivity index (χ1v) is 6.75. The molecule has 2 rings (SSSR count). The Morgan fingerprint density at radius 2 is 1.94 bits per heavy atom. The minimum absolute atomic E-state index is 0.140. The van der Waals surface area contributed by atoms with Gasteiger partial charge < -0.3 is 0 Å². The lowest BCUT2D eigenvalue weighted by Crippen LogP contribution is -2.45. The SMILES string of the molecule is C[C@@H]1C[C@@]2(CCCCF)C[C@H]2N1C(C)(C)C. The second kappa shape index (κ2) is 3.97. The summed E-state index contributed by atoms with van der Waals surface area (Å²) in [5, 5.41) is 0. The molecule has 2 heteroatoms. The number of piperidine rings is 1. The van der Waals surface area contributed by atoms with E-state index in [-0.39, 0.29) is 6.67 Å². The molecule has 0 bridgehead atoms. The van der Waals surface area contributed by atoms with E-state index in [2.05, 4.69) is 32.6 Å². The standard InChI is InChI=1S/C14H26FN/c1-11-9-14(7-5-6-8-15)10-12(14)16(11)13(2,3)4/h11-12H,5-10H2,1-4H3/t11-,12-,14+/m1/s1. The van der Waals surface area contributed by atoms with Gasteiger partial charge in [0.2, 0.25) is 0 Å². The molecule has 0 spiro atoms. The third-order valence-electron chi connectivity index (χ3n) is 4.49. The van der Waals surface area contributed by atoms with Crippen molar-refractivity contribution in [2.45, 2.75) is 77.4 Å². The van der Waals surface area contributed by atoms with Crippen molar-refractivity contribution in [2.75, 3.05) is 6.67 Å². The van der Waals surface area contributed by atoms with Crippen molar-refractivity contribution < 1.29 is 4.39 Å². The van der Waals surface area contributed by atoms with E-state index in [4.69, 9.17) is 0 Å². The minimum atomic E-state index is -0.140. The summed E-state index contributed by atoms with van der Waals surface area (Å²) in [5.41, 5.74) is 0.865. The average Bonchev–Trinajstić information content (AvgIpc) is 2.70. The molecule has 1 aliphatic carbocycles. The van der Waals surface area contributed by atoms with E-state index in [1.807, 2.05) is 0 Å². The van der Waals surface area contributed by atoms with E-state index in [1.54, 1.807) is 0 Å². The normalized spacial score (nSPS) is 38.8. The molecule has 1 heterocycles. The molecular weight excluding hydrogens is 201 g/mol. The largest absolute Gasteiger partial charge is 0.292 e. The number of hydrogen-bond donors (Lipinski definition) is 0. The molecule has 1 saturated carbocycles. The molecule has 0 aromatic carbocycles. The number of alkyl halides is 1. The predicted octanol–water partition coefficient (Wildman–Crippen LogP) is 3.78. The van der Waals surface area contributed by atoms with Crippen molar-refractivity contribution >= 4 is 0 Å². The van der Waals surface area contributed by atoms with Crippen molar-refractivity contribution in [3.05, 3.63) is 0 Å². The fourth-order valence-corrected chi connectivity index (χ4v) is 4.00. The Morgan fingerprint density at radius 1 is 1.25 bits per heavy atom. The lowest BCUT2D eigenvalue weighted by atomic mass is 9.94. The number of likely N-dealkylation sites (tertiary alicyclic amines) is 1. The first-order valence-electron chi connectivity index (χ1n) is 6.75. The molecule has 1 nitrogen and oxygen atoms in total. The van der Waals surface area contributed by atoms with E-state index in [0.717, 1.165) is 18.9 Å². The van der Waals surface area contributed by atoms with Crippen LogP contribution >= 0.6 is 0 Å². The zero-order chi connectivity index (χ0) is 12.0. The van der Waals surface area contributed by atoms with E-state index < -0.39 is 0 Å². The Labute approximate surface area is 99.4 Å². The maximum Gasteiger partial charge on any atom is 0.0894 e. The second-order valence-corrected chi connectivity index (χ2v) is 6.86. The number of rotatable bonds is 4. The number of halogens is 1. The number of nitrogens with zero attached hydrogens (tertiary/aromatic N) is 1. The highest BCUT2D eigenvalue weighted by molar-refractivity contribution is 5.17. The molecule has 3 atom stereocenters. The van der Waals surface area contributed by atoms with Crippen LogP contribution in [0.15, 0.2) is 0 Å². The fourth-order valence-electron chi connectivity index (χ4n) is 4.00. The molecule has 94 valence electrons. The van der Waals surface area contributed by atoms with Crippen LogP contribution in [0.1, 0.15) is 59.8 Å². The van der Waals surface area contributed by atoms with Gasteiger partial charge in [0.05, 0.1) is 6.67 Å². The first kappa shape index (κ1) is 12.3. The smallest absolute Gasteiger partial charge is 0.0894 e. The van der Waals surface area contributed by atoms with Gasteiger partial charge in [0.15, 0.2) is 0 Å². The van der Waals surface area contributed by atoms with Crippen LogP contribution in [0.4, 0.5) is 4.39 Å². The summed E-state index contributed by atoms with van der Waals surface area (Å²) >= 11 is 0. The fraction of sp³-hybridized carbons (Fsp3) is 1.00. The van der Waals surface area contributed by atoms with Crippen LogP contribution in [-0.2, 0) is 0 Å². The van der Waals surface area contributed by atoms with E-state index in [0.29, 0.717) is 17.0 Å². The van der Waals surface area contributed by atoms with E-state index in [9.17, 15) is 4.39 Å². The molecule has 1 aliphatic heterocycles. The van der Waals surface area contributed by atoms with E-state index >= 15 is 0 Å². The molecule has 1 saturated heterocycles. The Kier molecular flexibility index (Phi) is 3.07. The average molecular weight is 227 g/mol. The van der Waals surface area contributed by atoms with Gasteiger partial charge in [0.1, 0.15) is 0 Å². The van der Waals surface area contributed by atoms with Gasteiger partial charge in [0.25, 0.3) is 0 Å². The minimum Gasteiger partial charge on any atom is -0.292 e. The van der Waals surface area contributed by atoms with Crippen molar-refractivity contribution in [3.63, 3.8) is 0 Å². The van der Waals surface area contributed by atoms with Crippen LogP contribution in [0.25, 0.3) is 0 Å². The molecule has 2 aliphatic rings. The van der Waals surface area contributed by atoms with Crippen LogP contribution < -0.4 is 0 Å². The van der Waals surface area contributed by atoms with Gasteiger partial charge in [-0.2, -0.15) is 0 Å². The molecule has 0 unspecified atom stereocenters. The van der Waals surface area contributed by atoms with Gasteiger partial charge in [0, 0.05) is 17.6 Å². The van der Waals surface area contributed by atoms with Gasteiger partial charge in [-0.3, -0.25) is 9.29 Å². The van der Waals surface area contributed by atoms with E-state index in [1.165, 1.54) is 19.3 Å². The summed E-state index contributed by atoms with van der Waals surface area (Å²) in [4.78, 5) is 2.70.